The second-order valence-electron chi connectivity index (χ2n) is 7.39. The topological polar surface area (TPSA) is 154 Å². The predicted molar refractivity (Wildman–Crippen MR) is 105 cm³/mol. The number of carbonyl (C=O) groups is 4. The van der Waals surface area contributed by atoms with Gasteiger partial charge in [-0.25, -0.2) is 10.9 Å². The van der Waals surface area contributed by atoms with E-state index in [4.69, 9.17) is 5.73 Å². The van der Waals surface area contributed by atoms with Gasteiger partial charge < -0.3 is 21.7 Å². The summed E-state index contributed by atoms with van der Waals surface area (Å²) in [6, 6.07) is -0.131. The van der Waals surface area contributed by atoms with E-state index in [-0.39, 0.29) is 31.0 Å². The zero-order valence-corrected chi connectivity index (χ0v) is 17.0. The van der Waals surface area contributed by atoms with E-state index >= 15 is 0 Å². The molecule has 1 rings (SSSR count). The van der Waals surface area contributed by atoms with Crippen LogP contribution in [0.25, 0.3) is 0 Å². The van der Waals surface area contributed by atoms with Gasteiger partial charge in [0.25, 0.3) is 0 Å². The largest absolute Gasteiger partial charge is 0.352 e. The molecule has 0 radical (unpaired) electrons. The average molecular weight is 399 g/mol. The Kier molecular flexibility index (Phi) is 10.8. The standard InChI is InChI=1S/C18H34N6O4/c1-11(2)17(18(28)14(25)9-21-15(26)8-19)24-22-10-16(27)23-13-6-4-12(20-3)5-7-13/h11-13,17,20,22,24H,4-10,19H2,1-3H3,(H,21,26)(H,23,27)/t12-,13-,17-/m0/s1. The smallest absolute Gasteiger partial charge is 0.235 e. The fraction of sp³-hybridized carbons (Fsp3) is 0.778. The second-order valence-corrected chi connectivity index (χ2v) is 7.39. The lowest BCUT2D eigenvalue weighted by Gasteiger charge is -2.29. The Morgan fingerprint density at radius 2 is 1.57 bits per heavy atom. The lowest BCUT2D eigenvalue weighted by Crippen LogP contribution is -2.54. The summed E-state index contributed by atoms with van der Waals surface area (Å²) in [6.07, 6.45) is 3.92. The van der Waals surface area contributed by atoms with Crippen molar-refractivity contribution in [3.63, 3.8) is 0 Å². The normalized spacial score (nSPS) is 20.5. The zero-order valence-electron chi connectivity index (χ0n) is 17.0. The van der Waals surface area contributed by atoms with Crippen LogP contribution in [-0.2, 0) is 19.2 Å². The van der Waals surface area contributed by atoms with Crippen LogP contribution in [0.15, 0.2) is 0 Å². The van der Waals surface area contributed by atoms with Gasteiger partial charge in [0.15, 0.2) is 0 Å². The molecular weight excluding hydrogens is 364 g/mol. The molecule has 0 bridgehead atoms. The van der Waals surface area contributed by atoms with E-state index in [0.717, 1.165) is 25.7 Å². The van der Waals surface area contributed by atoms with Gasteiger partial charge in [0, 0.05) is 12.1 Å². The summed E-state index contributed by atoms with van der Waals surface area (Å²) in [7, 11) is 1.95. The van der Waals surface area contributed by atoms with Gasteiger partial charge in [0.2, 0.25) is 23.4 Å². The molecule has 1 atom stereocenters. The molecule has 0 aromatic heterocycles. The number of amides is 2. The molecule has 0 aromatic rings. The van der Waals surface area contributed by atoms with Crippen LogP contribution in [0.2, 0.25) is 0 Å². The minimum absolute atomic E-state index is 0.0133. The van der Waals surface area contributed by atoms with Crippen molar-refractivity contribution in [3.05, 3.63) is 0 Å². The Morgan fingerprint density at radius 3 is 2.11 bits per heavy atom. The van der Waals surface area contributed by atoms with Crippen LogP contribution in [0.5, 0.6) is 0 Å². The third-order valence-electron chi connectivity index (χ3n) is 4.86. The van der Waals surface area contributed by atoms with Gasteiger partial charge in [-0.2, -0.15) is 0 Å². The Labute approximate surface area is 166 Å². The van der Waals surface area contributed by atoms with Crippen LogP contribution in [0.4, 0.5) is 0 Å². The minimum atomic E-state index is -0.804. The number of nitrogens with two attached hydrogens (primary N) is 1. The van der Waals surface area contributed by atoms with E-state index in [0.29, 0.717) is 6.04 Å². The summed E-state index contributed by atoms with van der Waals surface area (Å²) < 4.78 is 0. The minimum Gasteiger partial charge on any atom is -0.352 e. The molecule has 1 fully saturated rings. The van der Waals surface area contributed by atoms with Crippen LogP contribution in [0, 0.1) is 5.92 Å². The van der Waals surface area contributed by atoms with Gasteiger partial charge in [-0.1, -0.05) is 13.8 Å². The molecule has 0 unspecified atom stereocenters. The lowest BCUT2D eigenvalue weighted by atomic mass is 9.91. The monoisotopic (exact) mass is 398 g/mol. The van der Waals surface area contributed by atoms with E-state index in [9.17, 15) is 19.2 Å². The number of rotatable bonds is 12. The van der Waals surface area contributed by atoms with Crippen molar-refractivity contribution in [2.75, 3.05) is 26.7 Å². The molecule has 0 spiro atoms. The van der Waals surface area contributed by atoms with Gasteiger partial charge in [-0.15, -0.1) is 0 Å². The lowest BCUT2D eigenvalue weighted by molar-refractivity contribution is -0.138. The molecular formula is C18H34N6O4. The molecule has 0 aliphatic heterocycles. The Hall–Kier alpha value is -1.88. The van der Waals surface area contributed by atoms with E-state index in [2.05, 4.69) is 26.8 Å². The molecule has 28 heavy (non-hydrogen) atoms. The van der Waals surface area contributed by atoms with Crippen molar-refractivity contribution in [1.82, 2.24) is 26.8 Å². The molecule has 0 saturated heterocycles. The molecule has 1 saturated carbocycles. The number of carbonyl (C=O) groups excluding carboxylic acids is 4. The number of Topliss-reactive ketones (excluding diaryl/α,β-unsaturated/α-hetero) is 2. The van der Waals surface area contributed by atoms with E-state index in [1.807, 2.05) is 7.05 Å². The van der Waals surface area contributed by atoms with Crippen molar-refractivity contribution >= 4 is 23.4 Å². The number of ketones is 2. The fourth-order valence-electron chi connectivity index (χ4n) is 3.09. The van der Waals surface area contributed by atoms with Crippen LogP contribution >= 0.6 is 0 Å². The van der Waals surface area contributed by atoms with Crippen molar-refractivity contribution in [3.8, 4) is 0 Å². The molecule has 2 amide bonds. The Balaban J connectivity index is 2.38. The summed E-state index contributed by atoms with van der Waals surface area (Å²) >= 11 is 0. The first-order valence-corrected chi connectivity index (χ1v) is 9.77. The fourth-order valence-corrected chi connectivity index (χ4v) is 3.09. The number of hydrazine groups is 1. The first-order valence-electron chi connectivity index (χ1n) is 9.77. The van der Waals surface area contributed by atoms with Crippen LogP contribution < -0.4 is 32.5 Å². The summed E-state index contributed by atoms with van der Waals surface area (Å²) in [6.45, 7) is 2.91. The van der Waals surface area contributed by atoms with Crippen molar-refractivity contribution in [2.24, 2.45) is 11.7 Å². The van der Waals surface area contributed by atoms with Crippen LogP contribution in [0.3, 0.4) is 0 Å². The van der Waals surface area contributed by atoms with Crippen LogP contribution in [-0.4, -0.2) is 68.2 Å². The highest BCUT2D eigenvalue weighted by molar-refractivity contribution is 6.40. The summed E-state index contributed by atoms with van der Waals surface area (Å²) in [4.78, 5) is 47.5. The average Bonchev–Trinajstić information content (AvgIpc) is 2.68. The highest BCUT2D eigenvalue weighted by Gasteiger charge is 2.28. The summed E-state index contributed by atoms with van der Waals surface area (Å²) in [5.74, 6) is -2.24. The van der Waals surface area contributed by atoms with Gasteiger partial charge in [0.1, 0.15) is 0 Å². The molecule has 0 aromatic carbocycles. The first kappa shape index (κ1) is 24.2. The van der Waals surface area contributed by atoms with E-state index in [1.54, 1.807) is 13.8 Å². The third kappa shape index (κ3) is 8.42. The first-order chi connectivity index (χ1) is 13.3. The van der Waals surface area contributed by atoms with Crippen molar-refractivity contribution < 1.29 is 19.2 Å². The molecule has 10 heteroatoms. The zero-order chi connectivity index (χ0) is 21.1. The Bertz CT molecular complexity index is 546. The Morgan fingerprint density at radius 1 is 0.964 bits per heavy atom. The molecule has 7 N–H and O–H groups in total. The van der Waals surface area contributed by atoms with Gasteiger partial charge >= 0.3 is 0 Å². The molecule has 10 nitrogen and oxygen atoms in total. The summed E-state index contributed by atoms with van der Waals surface area (Å²) in [5, 5.41) is 8.51. The van der Waals surface area contributed by atoms with Gasteiger partial charge in [0.05, 0.1) is 25.7 Å². The molecule has 1 aliphatic rings. The maximum absolute atomic E-state index is 12.3. The predicted octanol–water partition coefficient (Wildman–Crippen LogP) is -2.03. The second kappa shape index (κ2) is 12.6. The van der Waals surface area contributed by atoms with Crippen molar-refractivity contribution in [2.45, 2.75) is 57.7 Å². The number of nitrogens with one attached hydrogen (secondary N) is 5. The quantitative estimate of drug-likeness (QED) is 0.162. The molecule has 0 heterocycles. The number of hydrogen-bond acceptors (Lipinski definition) is 8. The highest BCUT2D eigenvalue weighted by Crippen LogP contribution is 2.18. The SMILES string of the molecule is CN[C@H]1CC[C@H](NC(=O)CNN[C@H](C(=O)C(=O)CNC(=O)CN)C(C)C)CC1. The van der Waals surface area contributed by atoms with Gasteiger partial charge in [-0.3, -0.25) is 19.2 Å². The van der Waals surface area contributed by atoms with Crippen molar-refractivity contribution in [1.29, 1.82) is 0 Å². The molecule has 1 aliphatic carbocycles. The number of hydrogen-bond donors (Lipinski definition) is 6. The van der Waals surface area contributed by atoms with E-state index < -0.39 is 30.1 Å². The van der Waals surface area contributed by atoms with Gasteiger partial charge in [-0.05, 0) is 38.6 Å². The summed E-state index contributed by atoms with van der Waals surface area (Å²) in [5.41, 5.74) is 10.6. The van der Waals surface area contributed by atoms with Crippen LogP contribution in [0.1, 0.15) is 39.5 Å². The maximum atomic E-state index is 12.3. The maximum Gasteiger partial charge on any atom is 0.235 e. The van der Waals surface area contributed by atoms with E-state index in [1.165, 1.54) is 0 Å². The highest BCUT2D eigenvalue weighted by atomic mass is 16.2. The molecule has 160 valence electrons. The third-order valence-corrected chi connectivity index (χ3v) is 4.86.